The number of anilines is 1. The molecule has 126 valence electrons. The van der Waals surface area contributed by atoms with E-state index in [9.17, 15) is 4.79 Å². The summed E-state index contributed by atoms with van der Waals surface area (Å²) >= 11 is 3.44. The molecule has 1 N–H and O–H groups in total. The van der Waals surface area contributed by atoms with Crippen molar-refractivity contribution >= 4 is 27.5 Å². The summed E-state index contributed by atoms with van der Waals surface area (Å²) in [5.41, 5.74) is 4.11. The fraction of sp³-hybridized carbons (Fsp3) is 0.158. The fourth-order valence-electron chi connectivity index (χ4n) is 3.29. The summed E-state index contributed by atoms with van der Waals surface area (Å²) in [6, 6.07) is 15.3. The lowest BCUT2D eigenvalue weighted by Crippen LogP contribution is -2.29. The Morgan fingerprint density at radius 2 is 1.96 bits per heavy atom. The van der Waals surface area contributed by atoms with E-state index in [1.807, 2.05) is 55.5 Å². The SMILES string of the molecule is COc1cccc(C2c3c(n[nH]c3C)C(=O)N2c2ccc(Br)cc2)c1. The summed E-state index contributed by atoms with van der Waals surface area (Å²) in [6.45, 7) is 1.94. The van der Waals surface area contributed by atoms with Gasteiger partial charge in [-0.25, -0.2) is 0 Å². The second-order valence-corrected chi connectivity index (χ2v) is 6.86. The second kappa shape index (κ2) is 6.04. The second-order valence-electron chi connectivity index (χ2n) is 5.94. The number of aryl methyl sites for hydroxylation is 1. The molecule has 6 heteroatoms. The third-order valence-corrected chi connectivity index (χ3v) is 4.99. The third-order valence-electron chi connectivity index (χ3n) is 4.46. The first-order valence-corrected chi connectivity index (χ1v) is 8.67. The molecule has 0 bridgehead atoms. The molecule has 1 atom stereocenters. The highest BCUT2D eigenvalue weighted by atomic mass is 79.9. The first kappa shape index (κ1) is 15.9. The molecular weight excluding hydrogens is 382 g/mol. The van der Waals surface area contributed by atoms with Gasteiger partial charge in [-0.05, 0) is 48.9 Å². The minimum Gasteiger partial charge on any atom is -0.497 e. The summed E-state index contributed by atoms with van der Waals surface area (Å²) in [5.74, 6) is 0.657. The van der Waals surface area contributed by atoms with E-state index in [0.717, 1.165) is 32.7 Å². The van der Waals surface area contributed by atoms with Crippen LogP contribution in [-0.2, 0) is 0 Å². The van der Waals surface area contributed by atoms with Gasteiger partial charge in [-0.3, -0.25) is 14.8 Å². The van der Waals surface area contributed by atoms with Crippen LogP contribution in [0.5, 0.6) is 5.75 Å². The molecule has 1 aromatic heterocycles. The van der Waals surface area contributed by atoms with Crippen LogP contribution >= 0.6 is 15.9 Å². The zero-order valence-electron chi connectivity index (χ0n) is 13.8. The van der Waals surface area contributed by atoms with E-state index in [0.29, 0.717) is 5.69 Å². The van der Waals surface area contributed by atoms with E-state index in [-0.39, 0.29) is 11.9 Å². The smallest absolute Gasteiger partial charge is 0.279 e. The number of carbonyl (C=O) groups excluding carboxylic acids is 1. The Kier molecular flexibility index (Phi) is 3.84. The summed E-state index contributed by atoms with van der Waals surface area (Å²) in [5, 5.41) is 7.17. The zero-order valence-corrected chi connectivity index (χ0v) is 15.4. The number of amides is 1. The van der Waals surface area contributed by atoms with Gasteiger partial charge >= 0.3 is 0 Å². The lowest BCUT2D eigenvalue weighted by atomic mass is 9.98. The Labute approximate surface area is 153 Å². The maximum Gasteiger partial charge on any atom is 0.279 e. The predicted octanol–water partition coefficient (Wildman–Crippen LogP) is 4.24. The number of H-pyrrole nitrogens is 1. The van der Waals surface area contributed by atoms with E-state index in [1.165, 1.54) is 0 Å². The number of methoxy groups -OCH3 is 1. The average molecular weight is 398 g/mol. The van der Waals surface area contributed by atoms with Crippen LogP contribution in [0.3, 0.4) is 0 Å². The van der Waals surface area contributed by atoms with Crippen molar-refractivity contribution in [3.05, 3.63) is 75.5 Å². The van der Waals surface area contributed by atoms with Crippen molar-refractivity contribution in [1.29, 1.82) is 0 Å². The summed E-state index contributed by atoms with van der Waals surface area (Å²) < 4.78 is 6.33. The van der Waals surface area contributed by atoms with Gasteiger partial charge in [-0.15, -0.1) is 0 Å². The molecule has 0 aliphatic carbocycles. The molecular formula is C19H16BrN3O2. The van der Waals surface area contributed by atoms with Crippen LogP contribution < -0.4 is 9.64 Å². The lowest BCUT2D eigenvalue weighted by molar-refractivity contribution is 0.0988. The van der Waals surface area contributed by atoms with Crippen molar-refractivity contribution in [2.24, 2.45) is 0 Å². The molecule has 0 fully saturated rings. The minimum atomic E-state index is -0.238. The number of carbonyl (C=O) groups is 1. The summed E-state index contributed by atoms with van der Waals surface area (Å²) in [4.78, 5) is 14.8. The van der Waals surface area contributed by atoms with Crippen molar-refractivity contribution in [2.75, 3.05) is 12.0 Å². The molecule has 5 nitrogen and oxygen atoms in total. The van der Waals surface area contributed by atoms with Gasteiger partial charge in [-0.2, -0.15) is 5.10 Å². The van der Waals surface area contributed by atoms with Gasteiger partial charge in [-0.1, -0.05) is 28.1 Å². The molecule has 0 spiro atoms. The van der Waals surface area contributed by atoms with Crippen LogP contribution in [0.25, 0.3) is 0 Å². The topological polar surface area (TPSA) is 58.2 Å². The van der Waals surface area contributed by atoms with Gasteiger partial charge in [0.15, 0.2) is 5.69 Å². The first-order valence-electron chi connectivity index (χ1n) is 7.88. The van der Waals surface area contributed by atoms with E-state index in [1.54, 1.807) is 12.0 Å². The zero-order chi connectivity index (χ0) is 17.6. The van der Waals surface area contributed by atoms with Gasteiger partial charge < -0.3 is 4.74 Å². The molecule has 1 aliphatic heterocycles. The highest BCUT2D eigenvalue weighted by molar-refractivity contribution is 9.10. The van der Waals surface area contributed by atoms with E-state index in [4.69, 9.17) is 4.74 Å². The molecule has 3 aromatic rings. The molecule has 0 saturated carbocycles. The first-order chi connectivity index (χ1) is 12.1. The standard InChI is InChI=1S/C19H16BrN3O2/c1-11-16-17(22-21-11)19(24)23(14-8-6-13(20)7-9-14)18(16)12-4-3-5-15(10-12)25-2/h3-10,18H,1-2H3,(H,21,22). The van der Waals surface area contributed by atoms with Crippen LogP contribution in [0.1, 0.15) is 33.4 Å². The molecule has 25 heavy (non-hydrogen) atoms. The van der Waals surface area contributed by atoms with Gasteiger partial charge in [0.25, 0.3) is 5.91 Å². The predicted molar refractivity (Wildman–Crippen MR) is 99.1 cm³/mol. The van der Waals surface area contributed by atoms with Crippen molar-refractivity contribution < 1.29 is 9.53 Å². The van der Waals surface area contributed by atoms with E-state index < -0.39 is 0 Å². The van der Waals surface area contributed by atoms with Crippen molar-refractivity contribution in [3.8, 4) is 5.75 Å². The Morgan fingerprint density at radius 3 is 2.68 bits per heavy atom. The highest BCUT2D eigenvalue weighted by Crippen LogP contribution is 2.43. The van der Waals surface area contributed by atoms with Crippen molar-refractivity contribution in [3.63, 3.8) is 0 Å². The third kappa shape index (κ3) is 2.53. The van der Waals surface area contributed by atoms with E-state index >= 15 is 0 Å². The van der Waals surface area contributed by atoms with Crippen LogP contribution in [0.2, 0.25) is 0 Å². The average Bonchev–Trinajstić information content (AvgIpc) is 3.14. The summed E-state index contributed by atoms with van der Waals surface area (Å²) in [7, 11) is 1.64. The molecule has 0 saturated heterocycles. The van der Waals surface area contributed by atoms with Crippen molar-refractivity contribution in [2.45, 2.75) is 13.0 Å². The van der Waals surface area contributed by atoms with Gasteiger partial charge in [0, 0.05) is 21.4 Å². The molecule has 4 rings (SSSR count). The normalized spacial score (nSPS) is 16.2. The Hall–Kier alpha value is -2.60. The van der Waals surface area contributed by atoms with Crippen LogP contribution in [0, 0.1) is 6.92 Å². The summed E-state index contributed by atoms with van der Waals surface area (Å²) in [6.07, 6.45) is 0. The molecule has 1 aliphatic rings. The Bertz CT molecular complexity index is 950. The monoisotopic (exact) mass is 397 g/mol. The number of aromatic amines is 1. The maximum absolute atomic E-state index is 13.0. The number of halogens is 1. The van der Waals surface area contributed by atoms with E-state index in [2.05, 4.69) is 26.1 Å². The number of aromatic nitrogens is 2. The minimum absolute atomic E-state index is 0.102. The number of fused-ring (bicyclic) bond motifs is 1. The Morgan fingerprint density at radius 1 is 1.20 bits per heavy atom. The van der Waals surface area contributed by atoms with Crippen molar-refractivity contribution in [1.82, 2.24) is 10.2 Å². The largest absolute Gasteiger partial charge is 0.497 e. The van der Waals surface area contributed by atoms with Gasteiger partial charge in [0.05, 0.1) is 13.2 Å². The van der Waals surface area contributed by atoms with Crippen LogP contribution in [-0.4, -0.2) is 23.2 Å². The molecule has 0 radical (unpaired) electrons. The number of benzene rings is 2. The quantitative estimate of drug-likeness (QED) is 0.718. The molecule has 1 unspecified atom stereocenters. The fourth-order valence-corrected chi connectivity index (χ4v) is 3.56. The molecule has 2 aromatic carbocycles. The van der Waals surface area contributed by atoms with Gasteiger partial charge in [0.2, 0.25) is 0 Å². The number of hydrogen-bond donors (Lipinski definition) is 1. The maximum atomic E-state index is 13.0. The van der Waals surface area contributed by atoms with Crippen LogP contribution in [0.4, 0.5) is 5.69 Å². The number of nitrogens with zero attached hydrogens (tertiary/aromatic N) is 2. The number of hydrogen-bond acceptors (Lipinski definition) is 3. The number of rotatable bonds is 3. The Balaban J connectivity index is 1.90. The molecule has 1 amide bonds. The lowest BCUT2D eigenvalue weighted by Gasteiger charge is -2.26. The number of nitrogens with one attached hydrogen (secondary N) is 1. The highest BCUT2D eigenvalue weighted by Gasteiger charge is 2.42. The number of ether oxygens (including phenoxy) is 1. The molecule has 2 heterocycles. The van der Waals surface area contributed by atoms with Crippen LogP contribution in [0.15, 0.2) is 53.0 Å². The van der Waals surface area contributed by atoms with Gasteiger partial charge in [0.1, 0.15) is 5.75 Å².